The second-order valence-electron chi connectivity index (χ2n) is 7.60. The molecule has 2 aromatic rings. The summed E-state index contributed by atoms with van der Waals surface area (Å²) in [6.45, 7) is 7.02. The highest BCUT2D eigenvalue weighted by Gasteiger charge is 2.21. The number of carbonyl (C=O) groups excluding carboxylic acids is 2. The van der Waals surface area contributed by atoms with Crippen LogP contribution in [-0.2, 0) is 4.79 Å². The number of anilines is 1. The third-order valence-corrected chi connectivity index (χ3v) is 4.95. The van der Waals surface area contributed by atoms with Gasteiger partial charge in [-0.15, -0.1) is 0 Å². The summed E-state index contributed by atoms with van der Waals surface area (Å²) < 4.78 is 0. The number of hydrazone groups is 1. The zero-order valence-electron chi connectivity index (χ0n) is 17.2. The minimum atomic E-state index is -0.283. The van der Waals surface area contributed by atoms with E-state index in [0.29, 0.717) is 17.9 Å². The molecule has 0 aliphatic carbocycles. The monoisotopic (exact) mass is 389 g/mol. The van der Waals surface area contributed by atoms with Crippen LogP contribution in [0.4, 0.5) is 5.69 Å². The fraction of sp³-hybridized carbons (Fsp3) is 0.292. The fourth-order valence-corrected chi connectivity index (χ4v) is 3.25. The van der Waals surface area contributed by atoms with E-state index in [2.05, 4.69) is 48.6 Å². The van der Waals surface area contributed by atoms with Gasteiger partial charge in [0.25, 0.3) is 5.91 Å². The topological polar surface area (TPSA) is 61.8 Å². The molecule has 1 aliphatic rings. The van der Waals surface area contributed by atoms with Crippen LogP contribution in [0.3, 0.4) is 0 Å². The van der Waals surface area contributed by atoms with Gasteiger partial charge in [-0.1, -0.05) is 44.2 Å². The average Bonchev–Trinajstić information content (AvgIpc) is 3.14. The highest BCUT2D eigenvalue weighted by molar-refractivity contribution is 5.98. The molecule has 1 fully saturated rings. The predicted molar refractivity (Wildman–Crippen MR) is 118 cm³/mol. The first-order valence-electron chi connectivity index (χ1n) is 9.96. The van der Waals surface area contributed by atoms with Gasteiger partial charge < -0.3 is 4.90 Å². The molecule has 0 atom stereocenters. The molecule has 1 N–H and O–H groups in total. The summed E-state index contributed by atoms with van der Waals surface area (Å²) in [4.78, 5) is 25.8. The summed E-state index contributed by atoms with van der Waals surface area (Å²) in [6, 6.07) is 15.4. The first-order chi connectivity index (χ1) is 13.9. The number of nitrogens with one attached hydrogen (secondary N) is 1. The van der Waals surface area contributed by atoms with Gasteiger partial charge in [-0.2, -0.15) is 5.10 Å². The van der Waals surface area contributed by atoms with Crippen LogP contribution in [0, 0.1) is 0 Å². The molecule has 0 unspecified atom stereocenters. The van der Waals surface area contributed by atoms with E-state index in [-0.39, 0.29) is 11.8 Å². The number of hydrogen-bond acceptors (Lipinski definition) is 3. The largest absolute Gasteiger partial charge is 0.312 e. The third kappa shape index (κ3) is 5.41. The molecular formula is C24H27N3O2. The minimum Gasteiger partial charge on any atom is -0.312 e. The van der Waals surface area contributed by atoms with Crippen LogP contribution in [0.2, 0.25) is 0 Å². The molecule has 0 aromatic heterocycles. The SMILES string of the molecule is CC(=C/c1ccc(C(C)C)cc1)/C=N/NC(=O)c1ccc(N2CCCC2=O)cc1. The molecule has 2 amide bonds. The van der Waals surface area contributed by atoms with Gasteiger partial charge in [0.1, 0.15) is 0 Å². The lowest BCUT2D eigenvalue weighted by Crippen LogP contribution is -2.24. The molecule has 5 heteroatoms. The Balaban J connectivity index is 1.56. The number of nitrogens with zero attached hydrogens (tertiary/aromatic N) is 2. The van der Waals surface area contributed by atoms with Gasteiger partial charge >= 0.3 is 0 Å². The van der Waals surface area contributed by atoms with E-state index in [1.54, 1.807) is 35.4 Å². The summed E-state index contributed by atoms with van der Waals surface area (Å²) in [6.07, 6.45) is 5.11. The van der Waals surface area contributed by atoms with E-state index in [0.717, 1.165) is 29.8 Å². The molecule has 2 aromatic carbocycles. The van der Waals surface area contributed by atoms with Gasteiger partial charge in [-0.05, 0) is 60.2 Å². The molecule has 29 heavy (non-hydrogen) atoms. The number of carbonyl (C=O) groups is 2. The quantitative estimate of drug-likeness (QED) is 0.572. The van der Waals surface area contributed by atoms with Crippen LogP contribution in [-0.4, -0.2) is 24.6 Å². The maximum Gasteiger partial charge on any atom is 0.271 e. The second kappa shape index (κ2) is 9.32. The molecule has 0 saturated carbocycles. The van der Waals surface area contributed by atoms with Crippen molar-refractivity contribution in [2.45, 2.75) is 39.5 Å². The molecule has 0 radical (unpaired) electrons. The molecule has 1 aliphatic heterocycles. The van der Waals surface area contributed by atoms with Crippen molar-refractivity contribution in [2.24, 2.45) is 5.10 Å². The van der Waals surface area contributed by atoms with E-state index in [1.165, 1.54) is 5.56 Å². The maximum atomic E-state index is 12.3. The van der Waals surface area contributed by atoms with Gasteiger partial charge in [0.05, 0.1) is 6.21 Å². The zero-order chi connectivity index (χ0) is 20.8. The Hall–Kier alpha value is -3.21. The number of amides is 2. The Labute approximate surface area is 172 Å². The van der Waals surface area contributed by atoms with Crippen LogP contribution in [0.25, 0.3) is 6.08 Å². The third-order valence-electron chi connectivity index (χ3n) is 4.95. The highest BCUT2D eigenvalue weighted by Crippen LogP contribution is 2.21. The Morgan fingerprint density at radius 2 is 1.79 bits per heavy atom. The van der Waals surface area contributed by atoms with Crippen LogP contribution in [0.15, 0.2) is 59.2 Å². The first-order valence-corrected chi connectivity index (χ1v) is 9.96. The minimum absolute atomic E-state index is 0.132. The second-order valence-corrected chi connectivity index (χ2v) is 7.60. The Kier molecular flexibility index (Phi) is 6.60. The van der Waals surface area contributed by atoms with Gasteiger partial charge in [-0.25, -0.2) is 5.43 Å². The summed E-state index contributed by atoms with van der Waals surface area (Å²) in [5.74, 6) is 0.360. The number of allylic oxidation sites excluding steroid dienone is 1. The Bertz CT molecular complexity index is 926. The first kappa shape index (κ1) is 20.5. The van der Waals surface area contributed by atoms with Crippen molar-refractivity contribution in [1.29, 1.82) is 0 Å². The van der Waals surface area contributed by atoms with Crippen molar-refractivity contribution < 1.29 is 9.59 Å². The van der Waals surface area contributed by atoms with Gasteiger partial charge in [-0.3, -0.25) is 9.59 Å². The van der Waals surface area contributed by atoms with Crippen LogP contribution < -0.4 is 10.3 Å². The maximum absolute atomic E-state index is 12.3. The number of benzene rings is 2. The van der Waals surface area contributed by atoms with Crippen molar-refractivity contribution in [1.82, 2.24) is 5.43 Å². The molecule has 0 spiro atoms. The molecule has 5 nitrogen and oxygen atoms in total. The lowest BCUT2D eigenvalue weighted by Gasteiger charge is -2.15. The predicted octanol–water partition coefficient (Wildman–Crippen LogP) is 4.76. The van der Waals surface area contributed by atoms with Crippen LogP contribution in [0.5, 0.6) is 0 Å². The average molecular weight is 389 g/mol. The summed E-state index contributed by atoms with van der Waals surface area (Å²) in [5.41, 5.74) is 7.21. The Morgan fingerprint density at radius 1 is 1.10 bits per heavy atom. The number of rotatable bonds is 6. The van der Waals surface area contributed by atoms with E-state index >= 15 is 0 Å². The van der Waals surface area contributed by atoms with Gasteiger partial charge in [0.15, 0.2) is 0 Å². The molecular weight excluding hydrogens is 362 g/mol. The van der Waals surface area contributed by atoms with E-state index in [1.807, 2.05) is 13.0 Å². The zero-order valence-corrected chi connectivity index (χ0v) is 17.2. The molecule has 150 valence electrons. The van der Waals surface area contributed by atoms with Gasteiger partial charge in [0.2, 0.25) is 5.91 Å². The van der Waals surface area contributed by atoms with Gasteiger partial charge in [0, 0.05) is 24.2 Å². The molecule has 1 heterocycles. The van der Waals surface area contributed by atoms with Crippen molar-refractivity contribution in [3.05, 3.63) is 70.8 Å². The molecule has 3 rings (SSSR count). The number of hydrogen-bond donors (Lipinski definition) is 1. The summed E-state index contributed by atoms with van der Waals surface area (Å²) >= 11 is 0. The summed E-state index contributed by atoms with van der Waals surface area (Å²) in [7, 11) is 0. The molecule has 0 bridgehead atoms. The van der Waals surface area contributed by atoms with Crippen molar-refractivity contribution in [3.8, 4) is 0 Å². The molecule has 1 saturated heterocycles. The van der Waals surface area contributed by atoms with E-state index < -0.39 is 0 Å². The highest BCUT2D eigenvalue weighted by atomic mass is 16.2. The summed E-state index contributed by atoms with van der Waals surface area (Å²) in [5, 5.41) is 4.04. The van der Waals surface area contributed by atoms with Crippen LogP contribution in [0.1, 0.15) is 61.0 Å². The smallest absolute Gasteiger partial charge is 0.271 e. The van der Waals surface area contributed by atoms with Crippen LogP contribution >= 0.6 is 0 Å². The lowest BCUT2D eigenvalue weighted by atomic mass is 10.0. The van der Waals surface area contributed by atoms with Crippen molar-refractivity contribution in [2.75, 3.05) is 11.4 Å². The Morgan fingerprint density at radius 3 is 2.38 bits per heavy atom. The lowest BCUT2D eigenvalue weighted by molar-refractivity contribution is -0.117. The normalized spacial score (nSPS) is 14.8. The standard InChI is InChI=1S/C24H27N3O2/c1-17(2)20-8-6-19(7-9-20)15-18(3)16-25-26-24(29)21-10-12-22(13-11-21)27-14-4-5-23(27)28/h6-13,15-17H,4-5,14H2,1-3H3,(H,26,29)/b18-15-,25-16+. The van der Waals surface area contributed by atoms with E-state index in [9.17, 15) is 9.59 Å². The van der Waals surface area contributed by atoms with E-state index in [4.69, 9.17) is 0 Å². The fourth-order valence-electron chi connectivity index (χ4n) is 3.25. The van der Waals surface area contributed by atoms with Crippen molar-refractivity contribution in [3.63, 3.8) is 0 Å². The van der Waals surface area contributed by atoms with Crippen molar-refractivity contribution >= 4 is 29.8 Å².